The van der Waals surface area contributed by atoms with Gasteiger partial charge in [0.05, 0.1) is 5.56 Å². The number of nitriles is 1. The van der Waals surface area contributed by atoms with E-state index in [0.29, 0.717) is 35.3 Å². The molecule has 1 atom stereocenters. The fourth-order valence-electron chi connectivity index (χ4n) is 2.55. The van der Waals surface area contributed by atoms with Crippen molar-refractivity contribution in [3.05, 3.63) is 53.7 Å². The van der Waals surface area contributed by atoms with Gasteiger partial charge in [0.1, 0.15) is 11.8 Å². The minimum Gasteiger partial charge on any atom is -0.439 e. The molecule has 2 aromatic rings. The van der Waals surface area contributed by atoms with Crippen LogP contribution in [-0.4, -0.2) is 30.0 Å². The number of carbonyl (C=O) groups excluding carboxylic acids is 1. The molecular formula is C18H18N4O2. The predicted octanol–water partition coefficient (Wildman–Crippen LogP) is 2.23. The third kappa shape index (κ3) is 4.09. The summed E-state index contributed by atoms with van der Waals surface area (Å²) in [6.07, 6.45) is 3.72. The molecule has 0 spiro atoms. The maximum atomic E-state index is 12.1. The van der Waals surface area contributed by atoms with Crippen molar-refractivity contribution in [3.63, 3.8) is 0 Å². The number of benzene rings is 1. The normalized spacial score (nSPS) is 16.4. The molecule has 24 heavy (non-hydrogen) atoms. The number of pyridine rings is 1. The average molecular weight is 322 g/mol. The van der Waals surface area contributed by atoms with Crippen molar-refractivity contribution in [3.8, 4) is 17.7 Å². The molecule has 0 bridgehead atoms. The summed E-state index contributed by atoms with van der Waals surface area (Å²) < 4.78 is 5.59. The predicted molar refractivity (Wildman–Crippen MR) is 88.8 cm³/mol. The van der Waals surface area contributed by atoms with E-state index in [2.05, 4.69) is 15.6 Å². The van der Waals surface area contributed by atoms with Crippen LogP contribution in [0.3, 0.4) is 0 Å². The van der Waals surface area contributed by atoms with Crippen LogP contribution < -0.4 is 15.4 Å². The maximum absolute atomic E-state index is 12.1. The molecule has 2 N–H and O–H groups in total. The topological polar surface area (TPSA) is 87.0 Å². The average Bonchev–Trinajstić information content (AvgIpc) is 3.14. The van der Waals surface area contributed by atoms with E-state index in [4.69, 9.17) is 10.00 Å². The van der Waals surface area contributed by atoms with Gasteiger partial charge in [0, 0.05) is 30.4 Å². The second-order valence-corrected chi connectivity index (χ2v) is 5.63. The molecule has 6 heteroatoms. The molecule has 1 unspecified atom stereocenters. The zero-order valence-corrected chi connectivity index (χ0v) is 13.2. The number of amides is 1. The lowest BCUT2D eigenvalue weighted by atomic mass is 10.2. The molecule has 1 aliphatic heterocycles. The summed E-state index contributed by atoms with van der Waals surface area (Å²) in [5.41, 5.74) is 1.07. The fourth-order valence-corrected chi connectivity index (χ4v) is 2.55. The molecule has 1 aromatic carbocycles. The van der Waals surface area contributed by atoms with Crippen LogP contribution in [0, 0.1) is 11.3 Å². The fraction of sp³-hybridized carbons (Fsp3) is 0.278. The first-order valence-corrected chi connectivity index (χ1v) is 7.90. The first-order valence-electron chi connectivity index (χ1n) is 7.90. The van der Waals surface area contributed by atoms with Crippen molar-refractivity contribution in [2.45, 2.75) is 18.9 Å². The molecule has 0 aliphatic carbocycles. The number of ether oxygens (including phenoxy) is 1. The van der Waals surface area contributed by atoms with E-state index in [9.17, 15) is 4.79 Å². The van der Waals surface area contributed by atoms with Gasteiger partial charge in [-0.05, 0) is 49.7 Å². The van der Waals surface area contributed by atoms with Gasteiger partial charge in [-0.15, -0.1) is 0 Å². The number of hydrogen-bond acceptors (Lipinski definition) is 5. The van der Waals surface area contributed by atoms with Crippen molar-refractivity contribution in [1.82, 2.24) is 15.6 Å². The Bertz CT molecular complexity index is 729. The van der Waals surface area contributed by atoms with Crippen LogP contribution in [0.1, 0.15) is 28.8 Å². The van der Waals surface area contributed by atoms with Crippen molar-refractivity contribution >= 4 is 5.91 Å². The Kier molecular flexibility index (Phi) is 5.04. The van der Waals surface area contributed by atoms with Gasteiger partial charge in [-0.3, -0.25) is 4.79 Å². The summed E-state index contributed by atoms with van der Waals surface area (Å²) in [5, 5.41) is 15.0. The Balaban J connectivity index is 1.55. The minimum atomic E-state index is -0.0910. The van der Waals surface area contributed by atoms with Gasteiger partial charge in [-0.25, -0.2) is 4.98 Å². The second kappa shape index (κ2) is 7.57. The van der Waals surface area contributed by atoms with Crippen LogP contribution in [-0.2, 0) is 0 Å². The third-order valence-corrected chi connectivity index (χ3v) is 3.88. The van der Waals surface area contributed by atoms with Crippen molar-refractivity contribution < 1.29 is 9.53 Å². The summed E-state index contributed by atoms with van der Waals surface area (Å²) in [6, 6.07) is 12.5. The van der Waals surface area contributed by atoms with Crippen LogP contribution in [0.15, 0.2) is 42.6 Å². The monoisotopic (exact) mass is 322 g/mol. The molecule has 3 rings (SSSR count). The second-order valence-electron chi connectivity index (χ2n) is 5.63. The van der Waals surface area contributed by atoms with Gasteiger partial charge < -0.3 is 15.4 Å². The van der Waals surface area contributed by atoms with Gasteiger partial charge in [0.15, 0.2) is 0 Å². The van der Waals surface area contributed by atoms with Gasteiger partial charge in [0.25, 0.3) is 5.91 Å². The van der Waals surface area contributed by atoms with Crippen LogP contribution in [0.25, 0.3) is 0 Å². The molecule has 6 nitrogen and oxygen atoms in total. The molecule has 2 heterocycles. The molecule has 0 saturated carbocycles. The van der Waals surface area contributed by atoms with E-state index in [0.717, 1.165) is 19.4 Å². The standard InChI is InChI=1S/C18H18N4O2/c19-10-13-3-8-17(21-11-13)24-16-6-4-14(5-7-16)18(23)22-12-15-2-1-9-20-15/h3-8,11,15,20H,1-2,9,12H2,(H,22,23). The number of rotatable bonds is 5. The molecule has 1 aromatic heterocycles. The van der Waals surface area contributed by atoms with E-state index in [1.807, 2.05) is 6.07 Å². The Morgan fingerprint density at radius 1 is 1.33 bits per heavy atom. The molecule has 1 aliphatic rings. The van der Waals surface area contributed by atoms with Gasteiger partial charge in [-0.1, -0.05) is 0 Å². The van der Waals surface area contributed by atoms with Crippen LogP contribution in [0.5, 0.6) is 11.6 Å². The maximum Gasteiger partial charge on any atom is 0.251 e. The highest BCUT2D eigenvalue weighted by molar-refractivity contribution is 5.94. The Hall–Kier alpha value is -2.91. The Morgan fingerprint density at radius 2 is 2.17 bits per heavy atom. The largest absolute Gasteiger partial charge is 0.439 e. The number of nitrogens with one attached hydrogen (secondary N) is 2. The van der Waals surface area contributed by atoms with Crippen molar-refractivity contribution in [2.75, 3.05) is 13.1 Å². The summed E-state index contributed by atoms with van der Waals surface area (Å²) in [7, 11) is 0. The van der Waals surface area contributed by atoms with E-state index < -0.39 is 0 Å². The molecule has 1 amide bonds. The minimum absolute atomic E-state index is 0.0910. The molecular weight excluding hydrogens is 304 g/mol. The highest BCUT2D eigenvalue weighted by Crippen LogP contribution is 2.19. The lowest BCUT2D eigenvalue weighted by molar-refractivity contribution is 0.0950. The van der Waals surface area contributed by atoms with Gasteiger partial charge in [-0.2, -0.15) is 5.26 Å². The first-order chi connectivity index (χ1) is 11.7. The van der Waals surface area contributed by atoms with Crippen molar-refractivity contribution in [2.24, 2.45) is 0 Å². The smallest absolute Gasteiger partial charge is 0.251 e. The summed E-state index contributed by atoms with van der Waals surface area (Å²) in [4.78, 5) is 16.2. The van der Waals surface area contributed by atoms with E-state index in [1.54, 1.807) is 36.4 Å². The van der Waals surface area contributed by atoms with Crippen molar-refractivity contribution in [1.29, 1.82) is 5.26 Å². The van der Waals surface area contributed by atoms with E-state index in [1.165, 1.54) is 6.20 Å². The van der Waals surface area contributed by atoms with Gasteiger partial charge in [0.2, 0.25) is 5.88 Å². The molecule has 1 fully saturated rings. The van der Waals surface area contributed by atoms with E-state index >= 15 is 0 Å². The number of carbonyl (C=O) groups is 1. The highest BCUT2D eigenvalue weighted by Gasteiger charge is 2.15. The zero-order valence-electron chi connectivity index (χ0n) is 13.2. The summed E-state index contributed by atoms with van der Waals surface area (Å²) in [5.74, 6) is 0.895. The molecule has 0 radical (unpaired) electrons. The third-order valence-electron chi connectivity index (χ3n) is 3.88. The SMILES string of the molecule is N#Cc1ccc(Oc2ccc(C(=O)NCC3CCCN3)cc2)nc1. The Morgan fingerprint density at radius 3 is 2.79 bits per heavy atom. The number of nitrogens with zero attached hydrogens (tertiary/aromatic N) is 2. The molecule has 122 valence electrons. The van der Waals surface area contributed by atoms with Crippen LogP contribution in [0.2, 0.25) is 0 Å². The zero-order chi connectivity index (χ0) is 16.8. The number of hydrogen-bond donors (Lipinski definition) is 2. The lowest BCUT2D eigenvalue weighted by Gasteiger charge is -2.11. The highest BCUT2D eigenvalue weighted by atomic mass is 16.5. The summed E-state index contributed by atoms with van der Waals surface area (Å²) in [6.45, 7) is 1.67. The van der Waals surface area contributed by atoms with Gasteiger partial charge >= 0.3 is 0 Å². The quantitative estimate of drug-likeness (QED) is 0.881. The van der Waals surface area contributed by atoms with E-state index in [-0.39, 0.29) is 5.91 Å². The lowest BCUT2D eigenvalue weighted by Crippen LogP contribution is -2.37. The number of aromatic nitrogens is 1. The van der Waals surface area contributed by atoms with Crippen LogP contribution >= 0.6 is 0 Å². The summed E-state index contributed by atoms with van der Waals surface area (Å²) >= 11 is 0. The van der Waals surface area contributed by atoms with Crippen LogP contribution in [0.4, 0.5) is 0 Å². The first kappa shape index (κ1) is 16.0. The molecule has 1 saturated heterocycles. The Labute approximate surface area is 140 Å².